The van der Waals surface area contributed by atoms with Gasteiger partial charge in [-0.05, 0) is 36.2 Å². The van der Waals surface area contributed by atoms with Gasteiger partial charge in [0.2, 0.25) is 0 Å². The van der Waals surface area contributed by atoms with Crippen LogP contribution in [0.3, 0.4) is 0 Å². The highest BCUT2D eigenvalue weighted by Crippen LogP contribution is 2.44. The van der Waals surface area contributed by atoms with Gasteiger partial charge in [0, 0.05) is 11.6 Å². The highest BCUT2D eigenvalue weighted by Gasteiger charge is 2.31. The standard InChI is InChI=1S/C22H21ClN2/c23-16-15-20(18-9-3-1-4-10-18)25-17-24(19-11-5-2-6-12-19)21-13-7-8-14-22(21)25/h1-14,20H,15-17H2/t20-/m0/s1. The molecule has 0 saturated carbocycles. The van der Waals surface area contributed by atoms with Gasteiger partial charge in [-0.2, -0.15) is 0 Å². The minimum absolute atomic E-state index is 0.272. The molecule has 2 nitrogen and oxygen atoms in total. The normalized spacial score (nSPS) is 14.4. The van der Waals surface area contributed by atoms with E-state index in [2.05, 4.69) is 94.7 Å². The number of nitrogens with zero attached hydrogens (tertiary/aromatic N) is 2. The lowest BCUT2D eigenvalue weighted by Gasteiger charge is -2.30. The first-order valence-electron chi connectivity index (χ1n) is 8.67. The van der Waals surface area contributed by atoms with E-state index in [1.165, 1.54) is 22.6 Å². The van der Waals surface area contributed by atoms with E-state index >= 15 is 0 Å². The van der Waals surface area contributed by atoms with E-state index in [9.17, 15) is 0 Å². The molecule has 1 atom stereocenters. The zero-order chi connectivity index (χ0) is 17.1. The van der Waals surface area contributed by atoms with Crippen molar-refractivity contribution in [2.75, 3.05) is 22.3 Å². The molecule has 126 valence electrons. The van der Waals surface area contributed by atoms with Gasteiger partial charge in [-0.15, -0.1) is 11.6 Å². The molecule has 0 radical (unpaired) electrons. The number of hydrogen-bond donors (Lipinski definition) is 0. The third-order valence-electron chi connectivity index (χ3n) is 4.79. The van der Waals surface area contributed by atoms with Crippen molar-refractivity contribution in [3.05, 3.63) is 90.5 Å². The topological polar surface area (TPSA) is 6.48 Å². The number of rotatable bonds is 5. The molecule has 1 aliphatic heterocycles. The summed E-state index contributed by atoms with van der Waals surface area (Å²) in [4.78, 5) is 4.85. The van der Waals surface area contributed by atoms with Gasteiger partial charge in [-0.25, -0.2) is 0 Å². The molecule has 3 aromatic carbocycles. The fourth-order valence-electron chi connectivity index (χ4n) is 3.62. The second-order valence-electron chi connectivity index (χ2n) is 6.27. The quantitative estimate of drug-likeness (QED) is 0.524. The van der Waals surface area contributed by atoms with Gasteiger partial charge < -0.3 is 9.80 Å². The Morgan fingerprint density at radius 1 is 0.760 bits per heavy atom. The second-order valence-corrected chi connectivity index (χ2v) is 6.65. The number of hydrogen-bond acceptors (Lipinski definition) is 2. The summed E-state index contributed by atoms with van der Waals surface area (Å²) in [6, 6.07) is 30.2. The molecule has 25 heavy (non-hydrogen) atoms. The third kappa shape index (κ3) is 3.10. The lowest BCUT2D eigenvalue weighted by Crippen LogP contribution is -2.32. The van der Waals surface area contributed by atoms with E-state index in [0.717, 1.165) is 13.1 Å². The van der Waals surface area contributed by atoms with Crippen molar-refractivity contribution in [1.82, 2.24) is 0 Å². The van der Waals surface area contributed by atoms with Crippen molar-refractivity contribution in [2.45, 2.75) is 12.5 Å². The highest BCUT2D eigenvalue weighted by atomic mass is 35.5. The van der Waals surface area contributed by atoms with Crippen molar-refractivity contribution in [3.8, 4) is 0 Å². The molecule has 1 heterocycles. The second kappa shape index (κ2) is 7.20. The van der Waals surface area contributed by atoms with Crippen LogP contribution in [0.1, 0.15) is 18.0 Å². The van der Waals surface area contributed by atoms with Crippen molar-refractivity contribution in [2.24, 2.45) is 0 Å². The summed E-state index contributed by atoms with van der Waals surface area (Å²) in [6.07, 6.45) is 0.919. The number of halogens is 1. The maximum atomic E-state index is 6.16. The average molecular weight is 349 g/mol. The fraction of sp³-hybridized carbons (Fsp3) is 0.182. The lowest BCUT2D eigenvalue weighted by atomic mass is 10.0. The number of alkyl halides is 1. The molecule has 0 spiro atoms. The van der Waals surface area contributed by atoms with E-state index in [-0.39, 0.29) is 6.04 Å². The van der Waals surface area contributed by atoms with Crippen molar-refractivity contribution in [1.29, 1.82) is 0 Å². The third-order valence-corrected chi connectivity index (χ3v) is 5.00. The van der Waals surface area contributed by atoms with Crippen LogP contribution in [0, 0.1) is 0 Å². The molecule has 0 unspecified atom stereocenters. The summed E-state index contributed by atoms with van der Waals surface area (Å²) in [5.74, 6) is 0.642. The average Bonchev–Trinajstić information content (AvgIpc) is 3.07. The van der Waals surface area contributed by atoms with Crippen molar-refractivity contribution >= 4 is 28.7 Å². The number of anilines is 3. The van der Waals surface area contributed by atoms with Crippen LogP contribution in [-0.2, 0) is 0 Å². The number of benzene rings is 3. The Hall–Kier alpha value is -2.45. The molecule has 3 aromatic rings. The highest BCUT2D eigenvalue weighted by molar-refractivity contribution is 6.17. The summed E-state index contributed by atoms with van der Waals surface area (Å²) < 4.78 is 0. The molecule has 3 heteroatoms. The zero-order valence-electron chi connectivity index (χ0n) is 14.1. The van der Waals surface area contributed by atoms with E-state index in [1.54, 1.807) is 0 Å². The Morgan fingerprint density at radius 3 is 2.04 bits per heavy atom. The Kier molecular flexibility index (Phi) is 4.62. The maximum Gasteiger partial charge on any atom is 0.0959 e. The van der Waals surface area contributed by atoms with E-state index < -0.39 is 0 Å². The molecular weight excluding hydrogens is 328 g/mol. The minimum atomic E-state index is 0.272. The molecular formula is C22H21ClN2. The molecule has 0 bridgehead atoms. The molecule has 0 aliphatic carbocycles. The smallest absolute Gasteiger partial charge is 0.0959 e. The maximum absolute atomic E-state index is 6.16. The Bertz CT molecular complexity index is 820. The predicted octanol–water partition coefficient (Wildman–Crippen LogP) is 5.97. The van der Waals surface area contributed by atoms with Crippen LogP contribution in [-0.4, -0.2) is 12.5 Å². The van der Waals surface area contributed by atoms with Crippen LogP contribution in [0.15, 0.2) is 84.9 Å². The molecule has 0 fully saturated rings. The summed E-state index contributed by atoms with van der Waals surface area (Å²) in [6.45, 7) is 0.833. The summed E-state index contributed by atoms with van der Waals surface area (Å²) in [5.41, 5.74) is 5.05. The largest absolute Gasteiger partial charge is 0.345 e. The van der Waals surface area contributed by atoms with Crippen LogP contribution in [0.5, 0.6) is 0 Å². The van der Waals surface area contributed by atoms with Crippen molar-refractivity contribution < 1.29 is 0 Å². The van der Waals surface area contributed by atoms with Crippen LogP contribution in [0.25, 0.3) is 0 Å². The Morgan fingerprint density at radius 2 is 1.36 bits per heavy atom. The van der Waals surface area contributed by atoms with E-state index in [0.29, 0.717) is 5.88 Å². The Labute approximate surface area is 154 Å². The fourth-order valence-corrected chi connectivity index (χ4v) is 3.82. The van der Waals surface area contributed by atoms with Gasteiger partial charge in [0.15, 0.2) is 0 Å². The lowest BCUT2D eigenvalue weighted by molar-refractivity contribution is 0.623. The monoisotopic (exact) mass is 348 g/mol. The first kappa shape index (κ1) is 16.0. The van der Waals surface area contributed by atoms with Crippen LogP contribution in [0.2, 0.25) is 0 Å². The molecule has 1 aliphatic rings. The van der Waals surface area contributed by atoms with Gasteiger partial charge in [0.05, 0.1) is 24.1 Å². The molecule has 0 N–H and O–H groups in total. The molecule has 4 rings (SSSR count). The molecule has 0 aromatic heterocycles. The zero-order valence-corrected chi connectivity index (χ0v) is 14.8. The SMILES string of the molecule is ClCC[C@@H](c1ccccc1)N1CN(c2ccccc2)c2ccccc21. The molecule has 0 saturated heterocycles. The van der Waals surface area contributed by atoms with Crippen LogP contribution < -0.4 is 9.80 Å². The van der Waals surface area contributed by atoms with Gasteiger partial charge in [0.25, 0.3) is 0 Å². The van der Waals surface area contributed by atoms with E-state index in [4.69, 9.17) is 11.6 Å². The summed E-state index contributed by atoms with van der Waals surface area (Å²) in [7, 11) is 0. The van der Waals surface area contributed by atoms with Gasteiger partial charge in [-0.3, -0.25) is 0 Å². The van der Waals surface area contributed by atoms with Gasteiger partial charge in [-0.1, -0.05) is 60.7 Å². The van der Waals surface area contributed by atoms with Crippen molar-refractivity contribution in [3.63, 3.8) is 0 Å². The summed E-state index contributed by atoms with van der Waals surface area (Å²) in [5, 5.41) is 0. The number of para-hydroxylation sites is 3. The van der Waals surface area contributed by atoms with E-state index in [1.807, 2.05) is 0 Å². The van der Waals surface area contributed by atoms with Crippen LogP contribution in [0.4, 0.5) is 17.1 Å². The minimum Gasteiger partial charge on any atom is -0.345 e. The van der Waals surface area contributed by atoms with Gasteiger partial charge >= 0.3 is 0 Å². The summed E-state index contributed by atoms with van der Waals surface area (Å²) >= 11 is 6.16. The first-order chi connectivity index (χ1) is 12.4. The van der Waals surface area contributed by atoms with Crippen LogP contribution >= 0.6 is 11.6 Å². The first-order valence-corrected chi connectivity index (χ1v) is 9.21. The Balaban J connectivity index is 1.75. The predicted molar refractivity (Wildman–Crippen MR) is 107 cm³/mol. The van der Waals surface area contributed by atoms with Gasteiger partial charge in [0.1, 0.15) is 0 Å². The molecule has 0 amide bonds. The number of fused-ring (bicyclic) bond motifs is 1.